The number of halogens is 1. The number of hydrogen-bond acceptors (Lipinski definition) is 2. The van der Waals surface area contributed by atoms with E-state index in [1.807, 2.05) is 0 Å². The molecule has 2 aromatic carbocycles. The van der Waals surface area contributed by atoms with Gasteiger partial charge in [-0.15, -0.1) is 0 Å². The van der Waals surface area contributed by atoms with Gasteiger partial charge in [0, 0.05) is 26.2 Å². The number of benzene rings is 2. The van der Waals surface area contributed by atoms with Crippen LogP contribution in [0.1, 0.15) is 31.8 Å². The van der Waals surface area contributed by atoms with Gasteiger partial charge in [-0.05, 0) is 36.2 Å². The van der Waals surface area contributed by atoms with E-state index < -0.39 is 11.7 Å². The second-order valence-corrected chi connectivity index (χ2v) is 5.52. The summed E-state index contributed by atoms with van der Waals surface area (Å²) in [7, 11) is 3.36. The van der Waals surface area contributed by atoms with Crippen LogP contribution in [0.2, 0.25) is 0 Å². The fourth-order valence-electron chi connectivity index (χ4n) is 2.17. The number of aryl methyl sites for hydroxylation is 1. The average molecular weight is 314 g/mol. The third-order valence-corrected chi connectivity index (χ3v) is 3.47. The van der Waals surface area contributed by atoms with E-state index in [1.54, 1.807) is 57.4 Å². The first kappa shape index (κ1) is 16.7. The number of carbonyl (C=O) groups excluding carboxylic acids is 2. The lowest BCUT2D eigenvalue weighted by Crippen LogP contribution is -2.25. The van der Waals surface area contributed by atoms with Crippen molar-refractivity contribution in [3.05, 3.63) is 70.5 Å². The average Bonchev–Trinajstić information content (AvgIpc) is 2.54. The maximum absolute atomic E-state index is 13.9. The Labute approximate surface area is 134 Å². The third-order valence-electron chi connectivity index (χ3n) is 3.47. The van der Waals surface area contributed by atoms with Gasteiger partial charge in [-0.2, -0.15) is 0 Å². The van der Waals surface area contributed by atoms with Crippen LogP contribution in [0.15, 0.2) is 42.5 Å². The van der Waals surface area contributed by atoms with E-state index in [1.165, 1.54) is 11.0 Å². The summed E-state index contributed by atoms with van der Waals surface area (Å²) in [5.41, 5.74) is 1.77. The van der Waals surface area contributed by atoms with Crippen LogP contribution in [0, 0.1) is 12.7 Å². The molecule has 0 aliphatic carbocycles. The minimum Gasteiger partial charge on any atom is -0.348 e. The van der Waals surface area contributed by atoms with Crippen molar-refractivity contribution in [3.8, 4) is 0 Å². The largest absolute Gasteiger partial charge is 0.348 e. The van der Waals surface area contributed by atoms with Crippen LogP contribution in [0.5, 0.6) is 0 Å². The van der Waals surface area contributed by atoms with E-state index in [0.717, 1.165) is 5.56 Å². The first-order valence-electron chi connectivity index (χ1n) is 7.24. The van der Waals surface area contributed by atoms with Crippen molar-refractivity contribution in [1.29, 1.82) is 0 Å². The fourth-order valence-corrected chi connectivity index (χ4v) is 2.17. The zero-order valence-electron chi connectivity index (χ0n) is 13.4. The molecule has 0 bridgehead atoms. The summed E-state index contributed by atoms with van der Waals surface area (Å²) >= 11 is 0. The topological polar surface area (TPSA) is 49.4 Å². The summed E-state index contributed by atoms with van der Waals surface area (Å²) in [6.45, 7) is 1.84. The Kier molecular flexibility index (Phi) is 5.11. The molecule has 0 atom stereocenters. The van der Waals surface area contributed by atoms with Gasteiger partial charge in [-0.3, -0.25) is 9.59 Å². The third kappa shape index (κ3) is 3.94. The predicted octanol–water partition coefficient (Wildman–Crippen LogP) is 2.77. The first-order chi connectivity index (χ1) is 10.9. The smallest absolute Gasteiger partial charge is 0.254 e. The molecular formula is C18H19FN2O2. The number of amides is 2. The van der Waals surface area contributed by atoms with Gasteiger partial charge in [0.1, 0.15) is 5.82 Å². The van der Waals surface area contributed by atoms with Crippen LogP contribution in [0.25, 0.3) is 0 Å². The van der Waals surface area contributed by atoms with Gasteiger partial charge >= 0.3 is 0 Å². The van der Waals surface area contributed by atoms with Crippen LogP contribution >= 0.6 is 0 Å². The zero-order chi connectivity index (χ0) is 17.0. The highest BCUT2D eigenvalue weighted by Gasteiger charge is 2.13. The maximum Gasteiger partial charge on any atom is 0.254 e. The molecule has 23 heavy (non-hydrogen) atoms. The molecule has 0 aromatic heterocycles. The van der Waals surface area contributed by atoms with E-state index in [2.05, 4.69) is 5.32 Å². The normalized spacial score (nSPS) is 10.3. The van der Waals surface area contributed by atoms with Gasteiger partial charge in [0.05, 0.1) is 5.56 Å². The van der Waals surface area contributed by atoms with E-state index in [4.69, 9.17) is 0 Å². The van der Waals surface area contributed by atoms with Crippen LogP contribution in [0.4, 0.5) is 4.39 Å². The molecule has 5 heteroatoms. The lowest BCUT2D eigenvalue weighted by Gasteiger charge is -2.12. The Morgan fingerprint density at radius 1 is 1.13 bits per heavy atom. The van der Waals surface area contributed by atoms with Crippen molar-refractivity contribution in [2.45, 2.75) is 13.5 Å². The maximum atomic E-state index is 13.9. The summed E-state index contributed by atoms with van der Waals surface area (Å²) in [6.07, 6.45) is 0. The second kappa shape index (κ2) is 7.05. The highest BCUT2D eigenvalue weighted by atomic mass is 19.1. The molecule has 0 aliphatic heterocycles. The Morgan fingerprint density at radius 2 is 1.83 bits per heavy atom. The van der Waals surface area contributed by atoms with Crippen molar-refractivity contribution >= 4 is 11.8 Å². The Bertz CT molecular complexity index is 742. The van der Waals surface area contributed by atoms with Crippen molar-refractivity contribution < 1.29 is 14.0 Å². The summed E-state index contributed by atoms with van der Waals surface area (Å²) in [5, 5.41) is 2.67. The summed E-state index contributed by atoms with van der Waals surface area (Å²) in [5.74, 6) is -1.10. The lowest BCUT2D eigenvalue weighted by atomic mass is 10.1. The highest BCUT2D eigenvalue weighted by Crippen LogP contribution is 2.12. The molecule has 0 saturated heterocycles. The van der Waals surface area contributed by atoms with E-state index >= 15 is 0 Å². The number of carbonyl (C=O) groups is 2. The van der Waals surface area contributed by atoms with E-state index in [0.29, 0.717) is 11.1 Å². The van der Waals surface area contributed by atoms with Crippen molar-refractivity contribution in [2.24, 2.45) is 0 Å². The van der Waals surface area contributed by atoms with Crippen molar-refractivity contribution in [3.63, 3.8) is 0 Å². The number of nitrogens with zero attached hydrogens (tertiary/aromatic N) is 1. The first-order valence-corrected chi connectivity index (χ1v) is 7.24. The Hall–Kier alpha value is -2.69. The molecule has 1 N–H and O–H groups in total. The quantitative estimate of drug-likeness (QED) is 0.943. The molecule has 2 amide bonds. The van der Waals surface area contributed by atoms with E-state index in [9.17, 15) is 14.0 Å². The monoisotopic (exact) mass is 314 g/mol. The summed E-state index contributed by atoms with van der Waals surface area (Å²) in [4.78, 5) is 25.5. The Morgan fingerprint density at radius 3 is 2.52 bits per heavy atom. The Balaban J connectivity index is 2.09. The molecule has 0 radical (unpaired) electrons. The summed E-state index contributed by atoms with van der Waals surface area (Å²) in [6, 6.07) is 11.7. The van der Waals surface area contributed by atoms with Crippen LogP contribution in [-0.4, -0.2) is 30.8 Å². The molecule has 4 nitrogen and oxygen atoms in total. The van der Waals surface area contributed by atoms with Gasteiger partial charge in [0.15, 0.2) is 0 Å². The van der Waals surface area contributed by atoms with Crippen molar-refractivity contribution in [1.82, 2.24) is 10.2 Å². The predicted molar refractivity (Wildman–Crippen MR) is 86.8 cm³/mol. The molecule has 0 unspecified atom stereocenters. The highest BCUT2D eigenvalue weighted by molar-refractivity contribution is 5.95. The van der Waals surface area contributed by atoms with Crippen molar-refractivity contribution in [2.75, 3.05) is 14.1 Å². The molecule has 0 saturated carbocycles. The molecule has 0 aliphatic rings. The molecule has 0 heterocycles. The minimum absolute atomic E-state index is 0.0190. The van der Waals surface area contributed by atoms with Crippen LogP contribution in [0.3, 0.4) is 0 Å². The van der Waals surface area contributed by atoms with Gasteiger partial charge in [0.25, 0.3) is 11.8 Å². The molecule has 120 valence electrons. The minimum atomic E-state index is -0.512. The molecular weight excluding hydrogens is 295 g/mol. The SMILES string of the molecule is Cc1cccc(C(=O)NCc2cccc(C(=O)N(C)C)c2)c1F. The molecule has 0 fully saturated rings. The van der Waals surface area contributed by atoms with Gasteiger partial charge in [-0.25, -0.2) is 4.39 Å². The molecule has 0 spiro atoms. The second-order valence-electron chi connectivity index (χ2n) is 5.52. The van der Waals surface area contributed by atoms with Crippen LogP contribution in [-0.2, 0) is 6.54 Å². The van der Waals surface area contributed by atoms with Gasteiger partial charge in [-0.1, -0.05) is 24.3 Å². The fraction of sp³-hybridized carbons (Fsp3) is 0.222. The van der Waals surface area contributed by atoms with Gasteiger partial charge in [0.2, 0.25) is 0 Å². The van der Waals surface area contributed by atoms with E-state index in [-0.39, 0.29) is 18.0 Å². The standard InChI is InChI=1S/C18H19FN2O2/c1-12-6-4-9-15(16(12)19)17(22)20-11-13-7-5-8-14(10-13)18(23)21(2)3/h4-10H,11H2,1-3H3,(H,20,22). The molecule has 2 rings (SSSR count). The number of nitrogens with one attached hydrogen (secondary N) is 1. The summed E-state index contributed by atoms with van der Waals surface area (Å²) < 4.78 is 13.9. The van der Waals surface area contributed by atoms with Gasteiger partial charge < -0.3 is 10.2 Å². The van der Waals surface area contributed by atoms with Crippen LogP contribution < -0.4 is 5.32 Å². The molecule has 2 aromatic rings. The zero-order valence-corrected chi connectivity index (χ0v) is 13.4. The lowest BCUT2D eigenvalue weighted by molar-refractivity contribution is 0.0827. The number of rotatable bonds is 4. The number of hydrogen-bond donors (Lipinski definition) is 1.